The fraction of sp³-hybridized carbons (Fsp3) is 0.200. The molecule has 5 nitrogen and oxygen atoms in total. The molecule has 0 aliphatic heterocycles. The van der Waals surface area contributed by atoms with Crippen LogP contribution in [0.2, 0.25) is 0 Å². The van der Waals surface area contributed by atoms with Crippen LogP contribution in [0.4, 0.5) is 10.1 Å². The zero-order valence-corrected chi connectivity index (χ0v) is 8.71. The highest BCUT2D eigenvalue weighted by Gasteiger charge is 2.12. The summed E-state index contributed by atoms with van der Waals surface area (Å²) < 4.78 is 13.3. The summed E-state index contributed by atoms with van der Waals surface area (Å²) in [6.07, 6.45) is 0. The highest BCUT2D eigenvalue weighted by atomic mass is 19.1. The number of hydrogen-bond acceptors (Lipinski definition) is 3. The van der Waals surface area contributed by atoms with Gasteiger partial charge in [0.2, 0.25) is 5.91 Å². The van der Waals surface area contributed by atoms with Gasteiger partial charge >= 0.3 is 0 Å². The molecule has 0 saturated carbocycles. The Morgan fingerprint density at radius 2 is 2.12 bits per heavy atom. The standard InChI is InChI=1S/C10H12FN3O2/c1-13-9(15)5-14-10(16)7-3-2-6(12)4-8(7)11/h2-4H,5,12H2,1H3,(H,13,15)(H,14,16). The number of carbonyl (C=O) groups is 2. The molecule has 86 valence electrons. The normalized spacial score (nSPS) is 9.62. The maximum absolute atomic E-state index is 13.3. The van der Waals surface area contributed by atoms with Crippen molar-refractivity contribution < 1.29 is 14.0 Å². The largest absolute Gasteiger partial charge is 0.399 e. The maximum atomic E-state index is 13.3. The Bertz CT molecular complexity index is 421. The van der Waals surface area contributed by atoms with E-state index in [0.717, 1.165) is 6.07 Å². The first kappa shape index (κ1) is 12.0. The smallest absolute Gasteiger partial charge is 0.254 e. The molecule has 0 spiro atoms. The molecule has 4 N–H and O–H groups in total. The number of hydrogen-bond donors (Lipinski definition) is 3. The summed E-state index contributed by atoms with van der Waals surface area (Å²) in [5, 5.41) is 4.61. The second-order valence-corrected chi connectivity index (χ2v) is 3.10. The lowest BCUT2D eigenvalue weighted by Gasteiger charge is -2.05. The highest BCUT2D eigenvalue weighted by Crippen LogP contribution is 2.11. The molecule has 0 unspecified atom stereocenters. The van der Waals surface area contributed by atoms with E-state index in [1.54, 1.807) is 0 Å². The van der Waals surface area contributed by atoms with Gasteiger partial charge < -0.3 is 16.4 Å². The fourth-order valence-corrected chi connectivity index (χ4v) is 1.06. The minimum atomic E-state index is -0.714. The van der Waals surface area contributed by atoms with E-state index in [2.05, 4.69) is 10.6 Å². The first-order chi connectivity index (χ1) is 7.54. The van der Waals surface area contributed by atoms with Gasteiger partial charge in [0.1, 0.15) is 5.82 Å². The number of nitrogens with one attached hydrogen (secondary N) is 2. The second kappa shape index (κ2) is 5.11. The summed E-state index contributed by atoms with van der Waals surface area (Å²) in [5.74, 6) is -1.72. The van der Waals surface area contributed by atoms with Crippen molar-refractivity contribution in [1.29, 1.82) is 0 Å². The van der Waals surface area contributed by atoms with E-state index in [1.807, 2.05) is 0 Å². The molecule has 0 heterocycles. The van der Waals surface area contributed by atoms with Crippen molar-refractivity contribution in [2.24, 2.45) is 0 Å². The van der Waals surface area contributed by atoms with Crippen LogP contribution in [0.1, 0.15) is 10.4 Å². The van der Waals surface area contributed by atoms with Crippen molar-refractivity contribution in [3.05, 3.63) is 29.6 Å². The van der Waals surface area contributed by atoms with E-state index in [4.69, 9.17) is 5.73 Å². The molecule has 0 aliphatic rings. The predicted molar refractivity (Wildman–Crippen MR) is 57.2 cm³/mol. The number of nitrogen functional groups attached to an aromatic ring is 1. The Morgan fingerprint density at radius 3 is 2.69 bits per heavy atom. The molecular weight excluding hydrogens is 213 g/mol. The van der Waals surface area contributed by atoms with E-state index >= 15 is 0 Å². The Labute approximate surface area is 91.8 Å². The summed E-state index contributed by atoms with van der Waals surface area (Å²) in [6, 6.07) is 3.73. The second-order valence-electron chi connectivity index (χ2n) is 3.10. The number of likely N-dealkylation sites (N-methyl/N-ethyl adjacent to an activating group) is 1. The number of rotatable bonds is 3. The first-order valence-corrected chi connectivity index (χ1v) is 4.58. The number of carbonyl (C=O) groups excluding carboxylic acids is 2. The van der Waals surface area contributed by atoms with Crippen LogP contribution in [0.15, 0.2) is 18.2 Å². The molecule has 0 aromatic heterocycles. The number of nitrogens with two attached hydrogens (primary N) is 1. The number of halogens is 1. The molecule has 1 aromatic rings. The van der Waals surface area contributed by atoms with Crippen molar-refractivity contribution >= 4 is 17.5 Å². The summed E-state index contributed by atoms with van der Waals surface area (Å²) in [5.41, 5.74) is 5.43. The maximum Gasteiger partial charge on any atom is 0.254 e. The SMILES string of the molecule is CNC(=O)CNC(=O)c1ccc(N)cc1F. The van der Waals surface area contributed by atoms with Crippen LogP contribution >= 0.6 is 0 Å². The van der Waals surface area contributed by atoms with Crippen molar-refractivity contribution in [1.82, 2.24) is 10.6 Å². The third-order valence-corrected chi connectivity index (χ3v) is 1.93. The molecule has 16 heavy (non-hydrogen) atoms. The van der Waals surface area contributed by atoms with Gasteiger partial charge in [-0.2, -0.15) is 0 Å². The topological polar surface area (TPSA) is 84.2 Å². The summed E-state index contributed by atoms with van der Waals surface area (Å²) in [7, 11) is 1.44. The molecule has 0 fully saturated rings. The Morgan fingerprint density at radius 1 is 1.44 bits per heavy atom. The summed E-state index contributed by atoms with van der Waals surface area (Å²) in [6.45, 7) is -0.195. The van der Waals surface area contributed by atoms with Gasteiger partial charge in [-0.25, -0.2) is 4.39 Å². The number of anilines is 1. The van der Waals surface area contributed by atoms with Gasteiger partial charge in [0.25, 0.3) is 5.91 Å². The van der Waals surface area contributed by atoms with Crippen molar-refractivity contribution in [2.45, 2.75) is 0 Å². The number of benzene rings is 1. The third-order valence-electron chi connectivity index (χ3n) is 1.93. The van der Waals surface area contributed by atoms with Gasteiger partial charge in [0, 0.05) is 12.7 Å². The van der Waals surface area contributed by atoms with Gasteiger partial charge in [-0.15, -0.1) is 0 Å². The summed E-state index contributed by atoms with van der Waals surface area (Å²) in [4.78, 5) is 22.3. The number of amides is 2. The Balaban J connectivity index is 2.70. The molecular formula is C10H12FN3O2. The summed E-state index contributed by atoms with van der Waals surface area (Å²) >= 11 is 0. The molecule has 0 atom stereocenters. The van der Waals surface area contributed by atoms with Gasteiger partial charge in [-0.1, -0.05) is 0 Å². The minimum Gasteiger partial charge on any atom is -0.399 e. The molecule has 0 bridgehead atoms. The van der Waals surface area contributed by atoms with Crippen LogP contribution in [0, 0.1) is 5.82 Å². The molecule has 0 radical (unpaired) electrons. The Hall–Kier alpha value is -2.11. The van der Waals surface area contributed by atoms with E-state index in [0.29, 0.717) is 0 Å². The average molecular weight is 225 g/mol. The lowest BCUT2D eigenvalue weighted by molar-refractivity contribution is -0.119. The lowest BCUT2D eigenvalue weighted by Crippen LogP contribution is -2.35. The zero-order valence-electron chi connectivity index (χ0n) is 8.71. The van der Waals surface area contributed by atoms with Gasteiger partial charge in [-0.3, -0.25) is 9.59 Å². The molecule has 1 rings (SSSR count). The van der Waals surface area contributed by atoms with E-state index < -0.39 is 11.7 Å². The van der Waals surface area contributed by atoms with Crippen LogP contribution in [-0.4, -0.2) is 25.4 Å². The monoisotopic (exact) mass is 225 g/mol. The zero-order chi connectivity index (χ0) is 12.1. The first-order valence-electron chi connectivity index (χ1n) is 4.58. The van der Waals surface area contributed by atoms with Crippen LogP contribution in [0.25, 0.3) is 0 Å². The van der Waals surface area contributed by atoms with Crippen molar-refractivity contribution in [3.63, 3.8) is 0 Å². The van der Waals surface area contributed by atoms with E-state index in [1.165, 1.54) is 19.2 Å². The minimum absolute atomic E-state index is 0.141. The van der Waals surface area contributed by atoms with Crippen molar-refractivity contribution in [2.75, 3.05) is 19.3 Å². The molecule has 0 aliphatic carbocycles. The highest BCUT2D eigenvalue weighted by molar-refractivity contribution is 5.96. The van der Waals surface area contributed by atoms with E-state index in [-0.39, 0.29) is 23.7 Å². The van der Waals surface area contributed by atoms with Crippen LogP contribution in [0.3, 0.4) is 0 Å². The molecule has 1 aromatic carbocycles. The van der Waals surface area contributed by atoms with Crippen LogP contribution in [0.5, 0.6) is 0 Å². The van der Waals surface area contributed by atoms with Gasteiger partial charge in [-0.05, 0) is 18.2 Å². The lowest BCUT2D eigenvalue weighted by atomic mass is 10.2. The fourth-order valence-electron chi connectivity index (χ4n) is 1.06. The average Bonchev–Trinajstić information content (AvgIpc) is 2.25. The third kappa shape index (κ3) is 2.94. The van der Waals surface area contributed by atoms with Crippen LogP contribution < -0.4 is 16.4 Å². The predicted octanol–water partition coefficient (Wildman–Crippen LogP) is -0.116. The van der Waals surface area contributed by atoms with Crippen LogP contribution in [-0.2, 0) is 4.79 Å². The van der Waals surface area contributed by atoms with Crippen molar-refractivity contribution in [3.8, 4) is 0 Å². The van der Waals surface area contributed by atoms with Gasteiger partial charge in [0.05, 0.1) is 12.1 Å². The van der Waals surface area contributed by atoms with E-state index in [9.17, 15) is 14.0 Å². The quantitative estimate of drug-likeness (QED) is 0.627. The molecule has 2 amide bonds. The Kier molecular flexibility index (Phi) is 3.82. The molecule has 6 heteroatoms. The van der Waals surface area contributed by atoms with Gasteiger partial charge in [0.15, 0.2) is 0 Å². The molecule has 0 saturated heterocycles.